The molecule has 2 aromatic carbocycles. The lowest BCUT2D eigenvalue weighted by Crippen LogP contribution is -2.49. The number of halogens is 1. The maximum Gasteiger partial charge on any atom is 0.237 e. The summed E-state index contributed by atoms with van der Waals surface area (Å²) < 4.78 is 6.61. The lowest BCUT2D eigenvalue weighted by Gasteiger charge is -2.39. The average Bonchev–Trinajstić information content (AvgIpc) is 2.99. The molecule has 0 saturated carbocycles. The van der Waals surface area contributed by atoms with Crippen molar-refractivity contribution in [2.75, 3.05) is 24.7 Å². The van der Waals surface area contributed by atoms with Crippen LogP contribution < -0.4 is 4.90 Å². The van der Waals surface area contributed by atoms with Crippen LogP contribution >= 0.6 is 15.9 Å². The Morgan fingerprint density at radius 1 is 1.16 bits per heavy atom. The van der Waals surface area contributed by atoms with Gasteiger partial charge in [0, 0.05) is 35.8 Å². The number of amides is 1. The van der Waals surface area contributed by atoms with E-state index in [1.54, 1.807) is 0 Å². The van der Waals surface area contributed by atoms with Gasteiger partial charge in [0.05, 0.1) is 5.41 Å². The van der Waals surface area contributed by atoms with Crippen LogP contribution in [0.25, 0.3) is 0 Å². The number of ether oxygens (including phenoxy) is 1. The predicted molar refractivity (Wildman–Crippen MR) is 103 cm³/mol. The summed E-state index contributed by atoms with van der Waals surface area (Å²) in [5, 5.41) is 0. The molecule has 4 heteroatoms. The molecule has 2 aliphatic heterocycles. The second-order valence-electron chi connectivity index (χ2n) is 7.08. The fourth-order valence-corrected chi connectivity index (χ4v) is 4.60. The summed E-state index contributed by atoms with van der Waals surface area (Å²) in [6, 6.07) is 16.5. The van der Waals surface area contributed by atoms with Crippen LogP contribution in [0.15, 0.2) is 53.0 Å². The molecule has 2 aliphatic rings. The van der Waals surface area contributed by atoms with Crippen molar-refractivity contribution in [2.45, 2.75) is 31.1 Å². The molecule has 2 heterocycles. The van der Waals surface area contributed by atoms with Crippen LogP contribution in [0.4, 0.5) is 5.69 Å². The molecule has 130 valence electrons. The standard InChI is InChI=1S/C21H22BrNO2/c1-15-14-23(19-8-3-2-7-18(15)19)20(24)21(9-11-25-12-10-21)16-5-4-6-17(22)13-16/h2-8,13,15H,9-12,14H2,1H3/t15-/m0/s1. The Kier molecular flexibility index (Phi) is 4.42. The molecular formula is C21H22BrNO2. The molecule has 0 spiro atoms. The van der Waals surface area contributed by atoms with Gasteiger partial charge in [-0.25, -0.2) is 0 Å². The molecule has 0 radical (unpaired) electrons. The summed E-state index contributed by atoms with van der Waals surface area (Å²) in [7, 11) is 0. The molecule has 1 saturated heterocycles. The van der Waals surface area contributed by atoms with Gasteiger partial charge in [-0.05, 0) is 42.2 Å². The van der Waals surface area contributed by atoms with Gasteiger partial charge in [0.15, 0.2) is 0 Å². The third-order valence-corrected chi connectivity index (χ3v) is 6.09. The number of benzene rings is 2. The zero-order valence-corrected chi connectivity index (χ0v) is 16.0. The van der Waals surface area contributed by atoms with Gasteiger partial charge in [0.25, 0.3) is 0 Å². The van der Waals surface area contributed by atoms with Crippen molar-refractivity contribution in [2.24, 2.45) is 0 Å². The Morgan fingerprint density at radius 3 is 2.68 bits per heavy atom. The van der Waals surface area contributed by atoms with Crippen LogP contribution in [0, 0.1) is 0 Å². The van der Waals surface area contributed by atoms with Crippen molar-refractivity contribution >= 4 is 27.5 Å². The number of para-hydroxylation sites is 1. The van der Waals surface area contributed by atoms with Crippen molar-refractivity contribution in [3.63, 3.8) is 0 Å². The normalized spacial score (nSPS) is 21.8. The molecule has 0 unspecified atom stereocenters. The molecule has 25 heavy (non-hydrogen) atoms. The van der Waals surface area contributed by atoms with Gasteiger partial charge in [-0.15, -0.1) is 0 Å². The van der Waals surface area contributed by atoms with Crippen molar-refractivity contribution in [1.82, 2.24) is 0 Å². The molecule has 0 aromatic heterocycles. The molecule has 1 fully saturated rings. The highest BCUT2D eigenvalue weighted by atomic mass is 79.9. The third kappa shape index (κ3) is 2.81. The summed E-state index contributed by atoms with van der Waals surface area (Å²) in [6.07, 6.45) is 1.46. The van der Waals surface area contributed by atoms with Crippen LogP contribution in [0.2, 0.25) is 0 Å². The van der Waals surface area contributed by atoms with Crippen LogP contribution in [0.1, 0.15) is 36.8 Å². The monoisotopic (exact) mass is 399 g/mol. The fourth-order valence-electron chi connectivity index (χ4n) is 4.20. The zero-order chi connectivity index (χ0) is 17.4. The van der Waals surface area contributed by atoms with E-state index in [-0.39, 0.29) is 5.91 Å². The largest absolute Gasteiger partial charge is 0.381 e. The predicted octanol–water partition coefficient (Wildman–Crippen LogP) is 4.65. The quantitative estimate of drug-likeness (QED) is 0.735. The van der Waals surface area contributed by atoms with E-state index in [4.69, 9.17) is 4.74 Å². The number of anilines is 1. The Bertz CT molecular complexity index is 798. The molecule has 3 nitrogen and oxygen atoms in total. The highest BCUT2D eigenvalue weighted by molar-refractivity contribution is 9.10. The van der Waals surface area contributed by atoms with Gasteiger partial charge in [0.2, 0.25) is 5.91 Å². The van der Waals surface area contributed by atoms with Crippen molar-refractivity contribution < 1.29 is 9.53 Å². The van der Waals surface area contributed by atoms with E-state index in [1.807, 2.05) is 23.1 Å². The first-order chi connectivity index (χ1) is 12.1. The maximum atomic E-state index is 13.8. The summed E-state index contributed by atoms with van der Waals surface area (Å²) in [6.45, 7) is 4.21. The van der Waals surface area contributed by atoms with Crippen molar-refractivity contribution in [3.05, 3.63) is 64.1 Å². The zero-order valence-electron chi connectivity index (χ0n) is 14.4. The van der Waals surface area contributed by atoms with Crippen LogP contribution in [-0.2, 0) is 14.9 Å². The molecule has 0 aliphatic carbocycles. The Hall–Kier alpha value is -1.65. The van der Waals surface area contributed by atoms with Gasteiger partial charge in [0.1, 0.15) is 0 Å². The van der Waals surface area contributed by atoms with E-state index in [0.29, 0.717) is 19.1 Å². The summed E-state index contributed by atoms with van der Waals surface area (Å²) in [4.78, 5) is 15.8. The molecular weight excluding hydrogens is 378 g/mol. The Morgan fingerprint density at radius 2 is 1.92 bits per heavy atom. The highest BCUT2D eigenvalue weighted by Crippen LogP contribution is 2.43. The van der Waals surface area contributed by atoms with Crippen LogP contribution in [-0.4, -0.2) is 25.7 Å². The molecule has 1 amide bonds. The second-order valence-corrected chi connectivity index (χ2v) is 8.00. The highest BCUT2D eigenvalue weighted by Gasteiger charge is 2.46. The number of fused-ring (bicyclic) bond motifs is 1. The molecule has 0 N–H and O–H groups in total. The molecule has 0 bridgehead atoms. The van der Waals surface area contributed by atoms with E-state index in [2.05, 4.69) is 53.2 Å². The van der Waals surface area contributed by atoms with Gasteiger partial charge < -0.3 is 9.64 Å². The Labute approximate surface area is 157 Å². The lowest BCUT2D eigenvalue weighted by molar-refractivity contribution is -0.127. The second kappa shape index (κ2) is 6.58. The Balaban J connectivity index is 1.77. The van der Waals surface area contributed by atoms with Crippen LogP contribution in [0.3, 0.4) is 0 Å². The van der Waals surface area contributed by atoms with Gasteiger partial charge in [-0.1, -0.05) is 53.2 Å². The number of carbonyl (C=O) groups excluding carboxylic acids is 1. The third-order valence-electron chi connectivity index (χ3n) is 5.59. The number of carbonyl (C=O) groups is 1. The minimum atomic E-state index is -0.501. The van der Waals surface area contributed by atoms with Gasteiger partial charge >= 0.3 is 0 Å². The summed E-state index contributed by atoms with van der Waals surface area (Å²) in [5.74, 6) is 0.588. The number of rotatable bonds is 2. The van der Waals surface area contributed by atoms with Crippen molar-refractivity contribution in [3.8, 4) is 0 Å². The smallest absolute Gasteiger partial charge is 0.237 e. The maximum absolute atomic E-state index is 13.8. The first-order valence-electron chi connectivity index (χ1n) is 8.86. The van der Waals surface area contributed by atoms with Gasteiger partial charge in [-0.3, -0.25) is 4.79 Å². The SMILES string of the molecule is C[C@H]1CN(C(=O)C2(c3cccc(Br)c3)CCOCC2)c2ccccc21. The number of hydrogen-bond acceptors (Lipinski definition) is 2. The minimum Gasteiger partial charge on any atom is -0.381 e. The average molecular weight is 400 g/mol. The van der Waals surface area contributed by atoms with E-state index in [1.165, 1.54) is 5.56 Å². The topological polar surface area (TPSA) is 29.5 Å². The molecule has 2 aromatic rings. The van der Waals surface area contributed by atoms with Gasteiger partial charge in [-0.2, -0.15) is 0 Å². The van der Waals surface area contributed by atoms with E-state index in [9.17, 15) is 4.79 Å². The molecule has 4 rings (SSSR count). The number of nitrogens with zero attached hydrogens (tertiary/aromatic N) is 1. The van der Waals surface area contributed by atoms with E-state index in [0.717, 1.165) is 35.1 Å². The first-order valence-corrected chi connectivity index (χ1v) is 9.66. The minimum absolute atomic E-state index is 0.214. The summed E-state index contributed by atoms with van der Waals surface area (Å²) >= 11 is 3.56. The number of hydrogen-bond donors (Lipinski definition) is 0. The fraction of sp³-hybridized carbons (Fsp3) is 0.381. The van der Waals surface area contributed by atoms with E-state index >= 15 is 0 Å². The van der Waals surface area contributed by atoms with Crippen LogP contribution in [0.5, 0.6) is 0 Å². The summed E-state index contributed by atoms with van der Waals surface area (Å²) in [5.41, 5.74) is 2.93. The molecule has 1 atom stereocenters. The van der Waals surface area contributed by atoms with Crippen molar-refractivity contribution in [1.29, 1.82) is 0 Å². The first kappa shape index (κ1) is 16.8. The van der Waals surface area contributed by atoms with E-state index < -0.39 is 5.41 Å². The lowest BCUT2D eigenvalue weighted by atomic mass is 9.73.